The molecule has 1 unspecified atom stereocenters. The van der Waals surface area contributed by atoms with E-state index in [0.717, 1.165) is 0 Å². The van der Waals surface area contributed by atoms with Gasteiger partial charge in [0.1, 0.15) is 0 Å². The number of hydrogen-bond acceptors (Lipinski definition) is 2. The quantitative estimate of drug-likeness (QED) is 0.519. The zero-order valence-electron chi connectivity index (χ0n) is 7.01. The van der Waals surface area contributed by atoms with Gasteiger partial charge in [0, 0.05) is 0 Å². The number of nitrogens with zero attached hydrogens (tertiary/aromatic N) is 2. The van der Waals surface area contributed by atoms with Crippen LogP contribution in [-0.4, -0.2) is 25.0 Å². The number of piperidine rings is 1. The molecule has 1 atom stereocenters. The summed E-state index contributed by atoms with van der Waals surface area (Å²) >= 11 is 0. The van der Waals surface area contributed by atoms with Gasteiger partial charge >= 0.3 is 0 Å². The predicted molar refractivity (Wildman–Crippen MR) is 42.9 cm³/mol. The molecule has 0 aromatic rings. The van der Waals surface area contributed by atoms with Crippen molar-refractivity contribution in [2.75, 3.05) is 20.1 Å². The second kappa shape index (κ2) is 2.22. The van der Waals surface area contributed by atoms with Crippen molar-refractivity contribution in [1.82, 2.24) is 4.90 Å². The fourth-order valence-electron chi connectivity index (χ4n) is 2.15. The molecule has 2 heteroatoms. The van der Waals surface area contributed by atoms with Crippen LogP contribution in [0.2, 0.25) is 0 Å². The summed E-state index contributed by atoms with van der Waals surface area (Å²) in [5.74, 6) is 0.399. The van der Waals surface area contributed by atoms with Crippen molar-refractivity contribution >= 4 is 0 Å². The van der Waals surface area contributed by atoms with E-state index in [1.807, 2.05) is 0 Å². The van der Waals surface area contributed by atoms with Gasteiger partial charge in [0.15, 0.2) is 0 Å². The van der Waals surface area contributed by atoms with E-state index in [4.69, 9.17) is 5.26 Å². The minimum atomic E-state index is 0.399. The first-order valence-electron chi connectivity index (χ1n) is 4.35. The molecule has 0 aromatic heterocycles. The maximum Gasteiger partial charge on any atom is 0.0661 e. The van der Waals surface area contributed by atoms with Crippen LogP contribution >= 0.6 is 0 Å². The Balaban J connectivity index is 1.95. The number of likely N-dealkylation sites (tertiary alicyclic amines) is 1. The lowest BCUT2D eigenvalue weighted by Crippen LogP contribution is -2.31. The first-order chi connectivity index (χ1) is 5.27. The van der Waals surface area contributed by atoms with E-state index in [2.05, 4.69) is 18.0 Å². The number of rotatable bonds is 0. The van der Waals surface area contributed by atoms with Crippen LogP contribution in [0.4, 0.5) is 0 Å². The highest BCUT2D eigenvalue weighted by Gasteiger charge is 2.54. The number of nitriles is 1. The lowest BCUT2D eigenvalue weighted by Gasteiger charge is -2.28. The maximum absolute atomic E-state index is 8.73. The van der Waals surface area contributed by atoms with Gasteiger partial charge in [-0.25, -0.2) is 0 Å². The third-order valence-corrected chi connectivity index (χ3v) is 3.33. The standard InChI is InChI=1S/C9H14N2/c1-11-4-2-9(3-5-11)6-8(9)7-10/h8H,2-6H2,1H3. The minimum Gasteiger partial charge on any atom is -0.306 e. The van der Waals surface area contributed by atoms with Crippen molar-refractivity contribution in [3.05, 3.63) is 0 Å². The molecule has 0 bridgehead atoms. The minimum absolute atomic E-state index is 0.399. The lowest BCUT2D eigenvalue weighted by atomic mass is 9.91. The van der Waals surface area contributed by atoms with Crippen LogP contribution in [0.25, 0.3) is 0 Å². The summed E-state index contributed by atoms with van der Waals surface area (Å²) in [5, 5.41) is 8.73. The van der Waals surface area contributed by atoms with Gasteiger partial charge in [-0.15, -0.1) is 0 Å². The normalized spacial score (nSPS) is 35.1. The summed E-state index contributed by atoms with van der Waals surface area (Å²) in [6.45, 7) is 2.39. The van der Waals surface area contributed by atoms with E-state index < -0.39 is 0 Å². The third kappa shape index (κ3) is 1.04. The molecule has 1 saturated heterocycles. The molecule has 60 valence electrons. The van der Waals surface area contributed by atoms with Crippen molar-refractivity contribution in [3.63, 3.8) is 0 Å². The van der Waals surface area contributed by atoms with Crippen LogP contribution in [0.3, 0.4) is 0 Å². The fraction of sp³-hybridized carbons (Fsp3) is 0.889. The van der Waals surface area contributed by atoms with Crippen molar-refractivity contribution in [1.29, 1.82) is 5.26 Å². The van der Waals surface area contributed by atoms with Gasteiger partial charge in [0.05, 0.1) is 12.0 Å². The van der Waals surface area contributed by atoms with Crippen molar-refractivity contribution in [3.8, 4) is 6.07 Å². The smallest absolute Gasteiger partial charge is 0.0661 e. The Morgan fingerprint density at radius 1 is 1.45 bits per heavy atom. The highest BCUT2D eigenvalue weighted by atomic mass is 15.1. The molecule has 11 heavy (non-hydrogen) atoms. The van der Waals surface area contributed by atoms with Crippen molar-refractivity contribution in [2.24, 2.45) is 11.3 Å². The van der Waals surface area contributed by atoms with Crippen LogP contribution in [0, 0.1) is 22.7 Å². The fourth-order valence-corrected chi connectivity index (χ4v) is 2.15. The Bertz CT molecular complexity index is 196. The zero-order valence-corrected chi connectivity index (χ0v) is 7.01. The van der Waals surface area contributed by atoms with Gasteiger partial charge in [-0.1, -0.05) is 0 Å². The third-order valence-electron chi connectivity index (χ3n) is 3.33. The average molecular weight is 150 g/mol. The molecule has 0 radical (unpaired) electrons. The van der Waals surface area contributed by atoms with Gasteiger partial charge in [-0.3, -0.25) is 0 Å². The van der Waals surface area contributed by atoms with Crippen LogP contribution < -0.4 is 0 Å². The van der Waals surface area contributed by atoms with Gasteiger partial charge in [0.25, 0.3) is 0 Å². The summed E-state index contributed by atoms with van der Waals surface area (Å²) < 4.78 is 0. The summed E-state index contributed by atoms with van der Waals surface area (Å²) in [5.41, 5.74) is 0.473. The lowest BCUT2D eigenvalue weighted by molar-refractivity contribution is 0.199. The SMILES string of the molecule is CN1CCC2(CC1)CC2C#N. The van der Waals surface area contributed by atoms with Gasteiger partial charge in [-0.05, 0) is 44.8 Å². The first kappa shape index (κ1) is 7.12. The van der Waals surface area contributed by atoms with Crippen LogP contribution in [-0.2, 0) is 0 Å². The molecule has 0 N–H and O–H groups in total. The molecule has 2 fully saturated rings. The van der Waals surface area contributed by atoms with Crippen LogP contribution in [0.1, 0.15) is 19.3 Å². The summed E-state index contributed by atoms with van der Waals surface area (Å²) in [6.07, 6.45) is 3.68. The molecular weight excluding hydrogens is 136 g/mol. The summed E-state index contributed by atoms with van der Waals surface area (Å²) in [7, 11) is 2.16. The van der Waals surface area contributed by atoms with E-state index in [0.29, 0.717) is 11.3 Å². The first-order valence-corrected chi connectivity index (χ1v) is 4.35. The Labute approximate surface area is 67.8 Å². The molecule has 1 spiro atoms. The predicted octanol–water partition coefficient (Wildman–Crippen LogP) is 1.24. The topological polar surface area (TPSA) is 27.0 Å². The average Bonchev–Trinajstić information content (AvgIpc) is 2.71. The molecule has 1 aliphatic carbocycles. The van der Waals surface area contributed by atoms with Gasteiger partial charge in [-0.2, -0.15) is 5.26 Å². The largest absolute Gasteiger partial charge is 0.306 e. The van der Waals surface area contributed by atoms with Crippen molar-refractivity contribution in [2.45, 2.75) is 19.3 Å². The molecule has 2 nitrogen and oxygen atoms in total. The van der Waals surface area contributed by atoms with Crippen molar-refractivity contribution < 1.29 is 0 Å². The maximum atomic E-state index is 8.73. The highest BCUT2D eigenvalue weighted by Crippen LogP contribution is 2.58. The van der Waals surface area contributed by atoms with E-state index in [9.17, 15) is 0 Å². The second-order valence-corrected chi connectivity index (χ2v) is 4.05. The summed E-state index contributed by atoms with van der Waals surface area (Å²) in [4.78, 5) is 2.36. The highest BCUT2D eigenvalue weighted by molar-refractivity contribution is 5.13. The van der Waals surface area contributed by atoms with Crippen LogP contribution in [0.15, 0.2) is 0 Å². The molecule has 0 aromatic carbocycles. The molecule has 2 aliphatic rings. The molecule has 1 saturated carbocycles. The molecule has 2 rings (SSSR count). The molecule has 1 aliphatic heterocycles. The number of hydrogen-bond donors (Lipinski definition) is 0. The van der Waals surface area contributed by atoms with E-state index in [1.54, 1.807) is 0 Å². The van der Waals surface area contributed by atoms with Crippen LogP contribution in [0.5, 0.6) is 0 Å². The summed E-state index contributed by atoms with van der Waals surface area (Å²) in [6, 6.07) is 2.40. The molecule has 0 amide bonds. The molecular formula is C9H14N2. The Morgan fingerprint density at radius 2 is 2.09 bits per heavy atom. The Kier molecular flexibility index (Phi) is 1.43. The monoisotopic (exact) mass is 150 g/mol. The van der Waals surface area contributed by atoms with Gasteiger partial charge < -0.3 is 4.90 Å². The molecule has 1 heterocycles. The van der Waals surface area contributed by atoms with Gasteiger partial charge in [0.2, 0.25) is 0 Å². The Hall–Kier alpha value is -0.550. The Morgan fingerprint density at radius 3 is 2.55 bits per heavy atom. The zero-order chi connectivity index (χ0) is 7.90. The van der Waals surface area contributed by atoms with E-state index in [-0.39, 0.29) is 0 Å². The van der Waals surface area contributed by atoms with E-state index in [1.165, 1.54) is 32.4 Å². The van der Waals surface area contributed by atoms with E-state index >= 15 is 0 Å². The second-order valence-electron chi connectivity index (χ2n) is 4.05.